The molecule has 2 rings (SSSR count). The molecule has 6 heteroatoms. The van der Waals surface area contributed by atoms with Crippen molar-refractivity contribution >= 4 is 0 Å². The van der Waals surface area contributed by atoms with Crippen LogP contribution in [0.25, 0.3) is 0 Å². The van der Waals surface area contributed by atoms with E-state index in [1.807, 2.05) is 0 Å². The Kier molecular flexibility index (Phi) is 6.64. The highest BCUT2D eigenvalue weighted by Crippen LogP contribution is 2.29. The summed E-state index contributed by atoms with van der Waals surface area (Å²) in [7, 11) is 0. The van der Waals surface area contributed by atoms with Crippen LogP contribution in [0, 0.1) is 18.2 Å². The van der Waals surface area contributed by atoms with Crippen molar-refractivity contribution in [3.8, 4) is 0 Å². The number of aliphatic hydroxyl groups excluding tert-OH is 1. The molecule has 0 aliphatic rings. The van der Waals surface area contributed by atoms with Crippen LogP contribution in [0.3, 0.4) is 0 Å². The zero-order valence-corrected chi connectivity index (χ0v) is 14.5. The van der Waals surface area contributed by atoms with Gasteiger partial charge in [0, 0.05) is 5.92 Å². The van der Waals surface area contributed by atoms with Crippen molar-refractivity contribution in [3.63, 3.8) is 0 Å². The Balaban J connectivity index is 1.95. The topological polar surface area (TPSA) is 48.9 Å². The van der Waals surface area contributed by atoms with Crippen LogP contribution in [-0.2, 0) is 6.42 Å². The molecule has 2 N–H and O–H groups in total. The van der Waals surface area contributed by atoms with Crippen molar-refractivity contribution in [2.45, 2.75) is 57.2 Å². The van der Waals surface area contributed by atoms with E-state index in [0.717, 1.165) is 11.8 Å². The number of H-pyrrole nitrogens is 1. The highest BCUT2D eigenvalue weighted by molar-refractivity contribution is 5.18. The first-order valence-corrected chi connectivity index (χ1v) is 8.38. The largest absolute Gasteiger partial charge is 0.393 e. The molecule has 0 aliphatic carbocycles. The molecule has 1 aromatic carbocycles. The minimum Gasteiger partial charge on any atom is -0.393 e. The number of nitrogens with zero attached hydrogens (tertiary/aromatic N) is 1. The number of aliphatic hydroxyl groups is 1. The maximum atomic E-state index is 13.8. The quantitative estimate of drug-likeness (QED) is 0.697. The number of nitrogens with one attached hydrogen (secondary N) is 1. The number of halogens is 3. The van der Waals surface area contributed by atoms with Crippen molar-refractivity contribution in [3.05, 3.63) is 60.0 Å². The number of hydrogen-bond acceptors (Lipinski definition) is 2. The third kappa shape index (κ3) is 6.90. The van der Waals surface area contributed by atoms with Crippen LogP contribution in [-0.4, -0.2) is 26.8 Å². The second kappa shape index (κ2) is 8.52. The second-order valence-corrected chi connectivity index (χ2v) is 6.94. The number of aromatic amines is 1. The molecule has 0 saturated carbocycles. The van der Waals surface area contributed by atoms with Gasteiger partial charge in [-0.3, -0.25) is 0 Å². The van der Waals surface area contributed by atoms with Crippen molar-refractivity contribution in [2.24, 2.45) is 0 Å². The molecule has 1 radical (unpaired) electrons. The summed E-state index contributed by atoms with van der Waals surface area (Å²) in [5.41, 5.74) is -0.593. The first-order valence-electron chi connectivity index (χ1n) is 8.38. The van der Waals surface area contributed by atoms with E-state index in [1.54, 1.807) is 18.6 Å². The van der Waals surface area contributed by atoms with E-state index < -0.39 is 17.7 Å². The Bertz CT molecular complexity index is 667. The lowest BCUT2D eigenvalue weighted by Gasteiger charge is -2.21. The fourth-order valence-corrected chi connectivity index (χ4v) is 2.73. The highest BCUT2D eigenvalue weighted by atomic mass is 19.1. The van der Waals surface area contributed by atoms with Gasteiger partial charge in [0.05, 0.1) is 12.3 Å². The lowest BCUT2D eigenvalue weighted by molar-refractivity contribution is 0.161. The van der Waals surface area contributed by atoms with Gasteiger partial charge in [-0.1, -0.05) is 12.1 Å². The number of rotatable bonds is 9. The maximum Gasteiger partial charge on any atom is 0.230 e. The molecule has 0 bridgehead atoms. The molecule has 137 valence electrons. The first-order chi connectivity index (χ1) is 11.7. The van der Waals surface area contributed by atoms with Crippen LogP contribution in [0.2, 0.25) is 0 Å². The summed E-state index contributed by atoms with van der Waals surface area (Å²) in [6, 6.07) is 6.16. The summed E-state index contributed by atoms with van der Waals surface area (Å²) < 4.78 is 40.2. The molecule has 2 atom stereocenters. The van der Waals surface area contributed by atoms with E-state index in [2.05, 4.69) is 9.97 Å². The highest BCUT2D eigenvalue weighted by Gasteiger charge is 2.24. The van der Waals surface area contributed by atoms with Crippen molar-refractivity contribution < 1.29 is 18.3 Å². The van der Waals surface area contributed by atoms with Gasteiger partial charge in [0.2, 0.25) is 5.95 Å². The van der Waals surface area contributed by atoms with Gasteiger partial charge in [-0.25, -0.2) is 13.8 Å². The normalized spacial score (nSPS) is 14.5. The number of aromatic nitrogens is 2. The van der Waals surface area contributed by atoms with Crippen molar-refractivity contribution in [1.29, 1.82) is 0 Å². The molecule has 0 unspecified atom stereocenters. The van der Waals surface area contributed by atoms with E-state index in [9.17, 15) is 18.3 Å². The fourth-order valence-electron chi connectivity index (χ4n) is 2.73. The number of hydrogen-bond donors (Lipinski definition) is 2. The van der Waals surface area contributed by atoms with E-state index in [1.165, 1.54) is 26.0 Å². The van der Waals surface area contributed by atoms with Crippen LogP contribution < -0.4 is 0 Å². The summed E-state index contributed by atoms with van der Waals surface area (Å²) in [6.07, 6.45) is 3.43. The van der Waals surface area contributed by atoms with E-state index in [0.29, 0.717) is 25.1 Å². The average Bonchev–Trinajstić information content (AvgIpc) is 2.95. The molecular formula is C19H24F3N2O. The summed E-state index contributed by atoms with van der Waals surface area (Å²) in [5.74, 6) is -0.842. The summed E-state index contributed by atoms with van der Waals surface area (Å²) in [4.78, 5) is 6.52. The maximum absolute atomic E-state index is 13.8. The predicted octanol–water partition coefficient (Wildman–Crippen LogP) is 4.50. The van der Waals surface area contributed by atoms with Gasteiger partial charge in [-0.15, -0.1) is 0 Å². The average molecular weight is 353 g/mol. The number of benzene rings is 1. The molecule has 1 aromatic heterocycles. The molecular weight excluding hydrogens is 329 g/mol. The van der Waals surface area contributed by atoms with Crippen LogP contribution in [0.1, 0.15) is 50.4 Å². The van der Waals surface area contributed by atoms with E-state index in [4.69, 9.17) is 0 Å². The Labute approximate surface area is 146 Å². The van der Waals surface area contributed by atoms with E-state index in [-0.39, 0.29) is 18.2 Å². The lowest BCUT2D eigenvalue weighted by atomic mass is 9.89. The zero-order valence-electron chi connectivity index (χ0n) is 14.5. The summed E-state index contributed by atoms with van der Waals surface area (Å²) >= 11 is 0. The molecule has 1 heterocycles. The zero-order chi connectivity index (χ0) is 18.4. The minimum absolute atomic E-state index is 0.274. The van der Waals surface area contributed by atoms with Crippen LogP contribution in [0.5, 0.6) is 0 Å². The smallest absolute Gasteiger partial charge is 0.230 e. The monoisotopic (exact) mass is 353 g/mol. The molecule has 0 aliphatic heterocycles. The van der Waals surface area contributed by atoms with E-state index >= 15 is 0 Å². The summed E-state index contributed by atoms with van der Waals surface area (Å²) in [5, 5.41) is 10.3. The molecule has 0 saturated heterocycles. The third-order valence-corrected chi connectivity index (χ3v) is 4.08. The molecule has 3 nitrogen and oxygen atoms in total. The molecule has 0 fully saturated rings. The Morgan fingerprint density at radius 2 is 2.08 bits per heavy atom. The number of imidazole rings is 1. The van der Waals surface area contributed by atoms with Gasteiger partial charge in [-0.05, 0) is 63.6 Å². The van der Waals surface area contributed by atoms with Crippen molar-refractivity contribution in [1.82, 2.24) is 9.97 Å². The molecule has 0 amide bonds. The Morgan fingerprint density at radius 1 is 1.32 bits per heavy atom. The van der Waals surface area contributed by atoms with Crippen molar-refractivity contribution in [2.75, 3.05) is 0 Å². The Morgan fingerprint density at radius 3 is 2.68 bits per heavy atom. The second-order valence-electron chi connectivity index (χ2n) is 6.94. The fraction of sp³-hybridized carbons (Fsp3) is 0.474. The summed E-state index contributed by atoms with van der Waals surface area (Å²) in [6.45, 7) is 2.97. The number of alkyl halides is 1. The standard InChI is InChI=1S/C19H24F3N2O/c1-19(2,22)9-8-14(18-23-12-17(21)24-18)11-16(25)7-6-13-4-3-5-15(20)10-13/h3-5,7,10,12,14,16,25H,6,8-9,11H2,1-2H3,(H,23,24)/t14-,16+/m1/s1. The van der Waals surface area contributed by atoms with Gasteiger partial charge < -0.3 is 10.1 Å². The molecule has 25 heavy (non-hydrogen) atoms. The Hall–Kier alpha value is -1.82. The van der Waals surface area contributed by atoms with Crippen LogP contribution >= 0.6 is 0 Å². The van der Waals surface area contributed by atoms with Gasteiger partial charge in [0.1, 0.15) is 17.3 Å². The lowest BCUT2D eigenvalue weighted by Crippen LogP contribution is -2.19. The van der Waals surface area contributed by atoms with Gasteiger partial charge in [-0.2, -0.15) is 4.39 Å². The SMILES string of the molecule is CC(C)(F)CC[C@H](C[C@@H](O)[CH]Cc1cccc(F)c1)c1nc(F)c[nH]1. The predicted molar refractivity (Wildman–Crippen MR) is 90.7 cm³/mol. The molecule has 0 spiro atoms. The van der Waals surface area contributed by atoms with Crippen LogP contribution in [0.15, 0.2) is 30.5 Å². The minimum atomic E-state index is -1.35. The third-order valence-electron chi connectivity index (χ3n) is 4.08. The van der Waals surface area contributed by atoms with Crippen LogP contribution in [0.4, 0.5) is 13.2 Å². The van der Waals surface area contributed by atoms with Gasteiger partial charge in [0.25, 0.3) is 0 Å². The van der Waals surface area contributed by atoms with Gasteiger partial charge in [0.15, 0.2) is 0 Å². The molecule has 2 aromatic rings. The van der Waals surface area contributed by atoms with Gasteiger partial charge >= 0.3 is 0 Å². The first kappa shape index (κ1) is 19.5.